The maximum atomic E-state index is 5.86. The minimum atomic E-state index is 0. The van der Waals surface area contributed by atoms with Crippen molar-refractivity contribution in [2.75, 3.05) is 27.4 Å². The van der Waals surface area contributed by atoms with Gasteiger partial charge in [0.05, 0.1) is 6.61 Å². The molecule has 0 radical (unpaired) electrons. The molecule has 0 atom stereocenters. The first-order chi connectivity index (χ1) is 14.7. The molecule has 3 rings (SSSR count). The Kier molecular flexibility index (Phi) is 10.2. The number of guanidine groups is 1. The number of nitrogens with zero attached hydrogens (tertiary/aromatic N) is 4. The fourth-order valence-electron chi connectivity index (χ4n) is 2.87. The molecule has 2 aromatic heterocycles. The third kappa shape index (κ3) is 7.51. The summed E-state index contributed by atoms with van der Waals surface area (Å²) >= 11 is 0. The topological polar surface area (TPSA) is 85.6 Å². The van der Waals surface area contributed by atoms with E-state index < -0.39 is 0 Å². The van der Waals surface area contributed by atoms with Crippen molar-refractivity contribution in [3.05, 3.63) is 71.9 Å². The van der Waals surface area contributed by atoms with Crippen LogP contribution in [0.25, 0.3) is 5.82 Å². The number of benzene rings is 1. The molecule has 2 heterocycles. The minimum absolute atomic E-state index is 0. The molecule has 9 heteroatoms. The molecule has 0 aliphatic carbocycles. The van der Waals surface area contributed by atoms with Gasteiger partial charge in [-0.3, -0.25) is 9.56 Å². The predicted molar refractivity (Wildman–Crippen MR) is 132 cm³/mol. The number of methoxy groups -OCH3 is 1. The number of nitrogens with one attached hydrogen (secondary N) is 2. The molecule has 1 aromatic carbocycles. The van der Waals surface area contributed by atoms with E-state index in [9.17, 15) is 0 Å². The zero-order valence-electron chi connectivity index (χ0n) is 18.0. The molecule has 8 nitrogen and oxygen atoms in total. The van der Waals surface area contributed by atoms with Crippen LogP contribution < -0.4 is 15.4 Å². The Labute approximate surface area is 200 Å². The van der Waals surface area contributed by atoms with Crippen molar-refractivity contribution in [2.45, 2.75) is 20.0 Å². The van der Waals surface area contributed by atoms with Crippen LogP contribution in [0.4, 0.5) is 0 Å². The lowest BCUT2D eigenvalue weighted by Gasteiger charge is -2.15. The Bertz CT molecular complexity index is 962. The largest absolute Gasteiger partial charge is 0.491 e. The highest BCUT2D eigenvalue weighted by Crippen LogP contribution is 2.20. The normalized spacial score (nSPS) is 11.0. The third-order valence-electron chi connectivity index (χ3n) is 4.48. The molecule has 0 aliphatic heterocycles. The molecule has 0 bridgehead atoms. The molecule has 0 fully saturated rings. The summed E-state index contributed by atoms with van der Waals surface area (Å²) in [6.45, 7) is 4.33. The lowest BCUT2D eigenvalue weighted by Crippen LogP contribution is -2.36. The average molecular weight is 536 g/mol. The molecule has 0 unspecified atom stereocenters. The Morgan fingerprint density at radius 3 is 2.68 bits per heavy atom. The second kappa shape index (κ2) is 12.9. The van der Waals surface area contributed by atoms with Crippen molar-refractivity contribution in [1.29, 1.82) is 0 Å². The monoisotopic (exact) mass is 536 g/mol. The van der Waals surface area contributed by atoms with E-state index >= 15 is 0 Å². The van der Waals surface area contributed by atoms with Crippen molar-refractivity contribution in [2.24, 2.45) is 4.99 Å². The van der Waals surface area contributed by atoms with Gasteiger partial charge in [-0.15, -0.1) is 24.0 Å². The van der Waals surface area contributed by atoms with Gasteiger partial charge in [-0.25, -0.2) is 9.97 Å². The lowest BCUT2D eigenvalue weighted by molar-refractivity contribution is 0.145. The van der Waals surface area contributed by atoms with Gasteiger partial charge < -0.3 is 20.1 Å². The SMILES string of the molecule is CN=C(NCc1ccnc(-n2ccnc2)c1)NCc1ccc(C)cc1OCCOC.I. The van der Waals surface area contributed by atoms with Crippen molar-refractivity contribution in [3.63, 3.8) is 0 Å². The predicted octanol–water partition coefficient (Wildman–Crippen LogP) is 3.08. The molecule has 2 N–H and O–H groups in total. The Morgan fingerprint density at radius 1 is 1.10 bits per heavy atom. The smallest absolute Gasteiger partial charge is 0.191 e. The van der Waals surface area contributed by atoms with Crippen LogP contribution in [0.1, 0.15) is 16.7 Å². The number of hydrogen-bond acceptors (Lipinski definition) is 5. The van der Waals surface area contributed by atoms with Crippen LogP contribution in [0.15, 0.2) is 60.2 Å². The van der Waals surface area contributed by atoms with Crippen LogP contribution in [0, 0.1) is 6.92 Å². The van der Waals surface area contributed by atoms with Gasteiger partial charge in [0.1, 0.15) is 24.5 Å². The zero-order chi connectivity index (χ0) is 21.2. The van der Waals surface area contributed by atoms with Gasteiger partial charge in [0, 0.05) is 51.4 Å². The first-order valence-corrected chi connectivity index (χ1v) is 9.78. The van der Waals surface area contributed by atoms with E-state index in [1.54, 1.807) is 32.9 Å². The fourth-order valence-corrected chi connectivity index (χ4v) is 2.87. The van der Waals surface area contributed by atoms with Gasteiger partial charge in [0.15, 0.2) is 5.96 Å². The van der Waals surface area contributed by atoms with Crippen LogP contribution in [0.2, 0.25) is 0 Å². The molecule has 0 spiro atoms. The number of rotatable bonds is 9. The molecule has 0 saturated carbocycles. The molecule has 0 saturated heterocycles. The number of aromatic nitrogens is 3. The highest BCUT2D eigenvalue weighted by atomic mass is 127. The Hall–Kier alpha value is -2.66. The Balaban J connectivity index is 0.00000341. The maximum absolute atomic E-state index is 5.86. The molecule has 3 aromatic rings. The second-order valence-electron chi connectivity index (χ2n) is 6.72. The summed E-state index contributed by atoms with van der Waals surface area (Å²) in [5.74, 6) is 2.39. The number of halogens is 1. The molecular formula is C22H29IN6O2. The summed E-state index contributed by atoms with van der Waals surface area (Å²) < 4.78 is 12.8. The summed E-state index contributed by atoms with van der Waals surface area (Å²) in [6.07, 6.45) is 7.12. The van der Waals surface area contributed by atoms with Gasteiger partial charge in [0.25, 0.3) is 0 Å². The molecule has 0 aliphatic rings. The van der Waals surface area contributed by atoms with Crippen molar-refractivity contribution < 1.29 is 9.47 Å². The van der Waals surface area contributed by atoms with E-state index in [2.05, 4.69) is 37.7 Å². The second-order valence-corrected chi connectivity index (χ2v) is 6.72. The van der Waals surface area contributed by atoms with Crippen LogP contribution in [-0.2, 0) is 17.8 Å². The first-order valence-electron chi connectivity index (χ1n) is 9.78. The van der Waals surface area contributed by atoms with E-state index in [1.807, 2.05) is 35.9 Å². The number of aryl methyl sites for hydroxylation is 1. The Morgan fingerprint density at radius 2 is 1.94 bits per heavy atom. The summed E-state index contributed by atoms with van der Waals surface area (Å²) in [4.78, 5) is 12.8. The van der Waals surface area contributed by atoms with Gasteiger partial charge in [0.2, 0.25) is 0 Å². The van der Waals surface area contributed by atoms with Crippen LogP contribution in [0.3, 0.4) is 0 Å². The van der Waals surface area contributed by atoms with Crippen LogP contribution in [-0.4, -0.2) is 47.9 Å². The quantitative estimate of drug-likeness (QED) is 0.189. The lowest BCUT2D eigenvalue weighted by atomic mass is 10.1. The number of pyridine rings is 1. The fraction of sp³-hybridized carbons (Fsp3) is 0.318. The number of ether oxygens (including phenoxy) is 2. The molecule has 166 valence electrons. The van der Waals surface area contributed by atoms with E-state index in [0.29, 0.717) is 32.3 Å². The molecule has 0 amide bonds. The number of aliphatic imine (C=N–C) groups is 1. The van der Waals surface area contributed by atoms with Crippen molar-refractivity contribution in [3.8, 4) is 11.6 Å². The summed E-state index contributed by atoms with van der Waals surface area (Å²) in [6, 6.07) is 10.2. The van der Waals surface area contributed by atoms with Gasteiger partial charge in [-0.05, 0) is 36.2 Å². The van der Waals surface area contributed by atoms with Gasteiger partial charge in [-0.1, -0.05) is 12.1 Å². The number of imidazole rings is 1. The van der Waals surface area contributed by atoms with Crippen LogP contribution >= 0.6 is 24.0 Å². The van der Waals surface area contributed by atoms with E-state index in [-0.39, 0.29) is 24.0 Å². The zero-order valence-corrected chi connectivity index (χ0v) is 20.4. The van der Waals surface area contributed by atoms with Crippen molar-refractivity contribution in [1.82, 2.24) is 25.2 Å². The highest BCUT2D eigenvalue weighted by Gasteiger charge is 2.07. The van der Waals surface area contributed by atoms with Crippen LogP contribution in [0.5, 0.6) is 5.75 Å². The molecule has 31 heavy (non-hydrogen) atoms. The van der Waals surface area contributed by atoms with Crippen molar-refractivity contribution >= 4 is 29.9 Å². The van der Waals surface area contributed by atoms with E-state index in [4.69, 9.17) is 9.47 Å². The summed E-state index contributed by atoms with van der Waals surface area (Å²) in [5, 5.41) is 6.68. The third-order valence-corrected chi connectivity index (χ3v) is 4.48. The highest BCUT2D eigenvalue weighted by molar-refractivity contribution is 14.0. The minimum Gasteiger partial charge on any atom is -0.491 e. The standard InChI is InChI=1S/C22H28N6O2.HI/c1-17-4-5-19(20(12-17)30-11-10-29-3)15-27-22(23-2)26-14-18-6-7-25-21(13-18)28-9-8-24-16-28;/h4-9,12-13,16H,10-11,14-15H2,1-3H3,(H2,23,26,27);1H. The van der Waals surface area contributed by atoms with E-state index in [1.165, 1.54) is 0 Å². The van der Waals surface area contributed by atoms with Gasteiger partial charge in [-0.2, -0.15) is 0 Å². The molecular weight excluding hydrogens is 507 g/mol. The number of hydrogen-bond donors (Lipinski definition) is 2. The van der Waals surface area contributed by atoms with Gasteiger partial charge >= 0.3 is 0 Å². The first kappa shape index (κ1) is 24.6. The van der Waals surface area contributed by atoms with E-state index in [0.717, 1.165) is 28.3 Å². The maximum Gasteiger partial charge on any atom is 0.191 e. The average Bonchev–Trinajstić information content (AvgIpc) is 3.30. The summed E-state index contributed by atoms with van der Waals surface area (Å²) in [7, 11) is 3.42. The summed E-state index contributed by atoms with van der Waals surface area (Å²) in [5.41, 5.74) is 3.31.